The first-order chi connectivity index (χ1) is 10.2. The standard InChI is InChI=1S/C17H17ClN2O/c18-14-4-1-3-12(9-14)11-19-15-5-2-6-16(10-15)20-17(21)13-7-8-13/h1-6,9-10,13,19H,7-8,11H2,(H,20,21). The molecule has 21 heavy (non-hydrogen) atoms. The third-order valence-corrected chi connectivity index (χ3v) is 3.70. The van der Waals surface area contributed by atoms with Crippen molar-refractivity contribution in [1.82, 2.24) is 0 Å². The maximum absolute atomic E-state index is 11.8. The zero-order valence-electron chi connectivity index (χ0n) is 11.6. The number of amides is 1. The highest BCUT2D eigenvalue weighted by atomic mass is 35.5. The minimum absolute atomic E-state index is 0.127. The molecule has 0 aliphatic heterocycles. The Balaban J connectivity index is 1.61. The monoisotopic (exact) mass is 300 g/mol. The third-order valence-electron chi connectivity index (χ3n) is 3.46. The predicted molar refractivity (Wildman–Crippen MR) is 86.6 cm³/mol. The van der Waals surface area contributed by atoms with Crippen LogP contribution in [-0.2, 0) is 11.3 Å². The SMILES string of the molecule is O=C(Nc1cccc(NCc2cccc(Cl)c2)c1)C1CC1. The van der Waals surface area contributed by atoms with Crippen molar-refractivity contribution in [2.75, 3.05) is 10.6 Å². The summed E-state index contributed by atoms with van der Waals surface area (Å²) in [5, 5.41) is 7.02. The van der Waals surface area contributed by atoms with E-state index in [1.807, 2.05) is 48.5 Å². The Hall–Kier alpha value is -2.00. The Bertz CT molecular complexity index is 653. The van der Waals surface area contributed by atoms with Gasteiger partial charge in [0.1, 0.15) is 0 Å². The molecule has 2 N–H and O–H groups in total. The number of carbonyl (C=O) groups excluding carboxylic acids is 1. The molecule has 1 saturated carbocycles. The second-order valence-corrected chi connectivity index (χ2v) is 5.76. The molecule has 1 aliphatic carbocycles. The maximum atomic E-state index is 11.8. The van der Waals surface area contributed by atoms with Crippen LogP contribution in [0.3, 0.4) is 0 Å². The summed E-state index contributed by atoms with van der Waals surface area (Å²) < 4.78 is 0. The summed E-state index contributed by atoms with van der Waals surface area (Å²) in [5.41, 5.74) is 2.93. The molecule has 3 rings (SSSR count). The zero-order chi connectivity index (χ0) is 14.7. The fourth-order valence-corrected chi connectivity index (χ4v) is 2.36. The molecule has 3 nitrogen and oxygen atoms in total. The summed E-state index contributed by atoms with van der Waals surface area (Å²) in [7, 11) is 0. The van der Waals surface area contributed by atoms with E-state index in [2.05, 4.69) is 10.6 Å². The average Bonchev–Trinajstić information content (AvgIpc) is 3.30. The van der Waals surface area contributed by atoms with E-state index in [9.17, 15) is 4.79 Å². The van der Waals surface area contributed by atoms with Gasteiger partial charge in [0.25, 0.3) is 0 Å². The molecular formula is C17H17ClN2O. The zero-order valence-corrected chi connectivity index (χ0v) is 12.4. The summed E-state index contributed by atoms with van der Waals surface area (Å²) in [6, 6.07) is 15.5. The van der Waals surface area contributed by atoms with E-state index in [0.29, 0.717) is 6.54 Å². The summed E-state index contributed by atoms with van der Waals surface area (Å²) in [4.78, 5) is 11.8. The summed E-state index contributed by atoms with van der Waals surface area (Å²) in [6.07, 6.45) is 2.02. The van der Waals surface area contributed by atoms with Crippen molar-refractivity contribution in [3.05, 3.63) is 59.1 Å². The fourth-order valence-electron chi connectivity index (χ4n) is 2.15. The highest BCUT2D eigenvalue weighted by molar-refractivity contribution is 6.30. The van der Waals surface area contributed by atoms with E-state index < -0.39 is 0 Å². The minimum Gasteiger partial charge on any atom is -0.381 e. The van der Waals surface area contributed by atoms with E-state index in [1.165, 1.54) is 0 Å². The van der Waals surface area contributed by atoms with Gasteiger partial charge in [0, 0.05) is 28.9 Å². The smallest absolute Gasteiger partial charge is 0.227 e. The van der Waals surface area contributed by atoms with Crippen molar-refractivity contribution in [2.45, 2.75) is 19.4 Å². The Morgan fingerprint density at radius 1 is 1.10 bits per heavy atom. The van der Waals surface area contributed by atoms with Crippen molar-refractivity contribution in [3.63, 3.8) is 0 Å². The highest BCUT2D eigenvalue weighted by Crippen LogP contribution is 2.30. The maximum Gasteiger partial charge on any atom is 0.227 e. The van der Waals surface area contributed by atoms with Crippen molar-refractivity contribution in [2.24, 2.45) is 5.92 Å². The fraction of sp³-hybridized carbons (Fsp3) is 0.235. The molecule has 1 aliphatic rings. The molecule has 2 aromatic carbocycles. The Morgan fingerprint density at radius 3 is 2.62 bits per heavy atom. The molecule has 0 aromatic heterocycles. The van der Waals surface area contributed by atoms with Gasteiger partial charge in [-0.3, -0.25) is 4.79 Å². The van der Waals surface area contributed by atoms with Gasteiger partial charge >= 0.3 is 0 Å². The van der Waals surface area contributed by atoms with Crippen molar-refractivity contribution < 1.29 is 4.79 Å². The van der Waals surface area contributed by atoms with Gasteiger partial charge < -0.3 is 10.6 Å². The normalized spacial score (nSPS) is 13.8. The minimum atomic E-state index is 0.127. The number of benzene rings is 2. The summed E-state index contributed by atoms with van der Waals surface area (Å²) in [5.74, 6) is 0.343. The summed E-state index contributed by atoms with van der Waals surface area (Å²) in [6.45, 7) is 0.695. The molecular weight excluding hydrogens is 284 g/mol. The van der Waals surface area contributed by atoms with Crippen LogP contribution in [0.25, 0.3) is 0 Å². The lowest BCUT2D eigenvalue weighted by Gasteiger charge is -2.10. The topological polar surface area (TPSA) is 41.1 Å². The van der Waals surface area contributed by atoms with Crippen LogP contribution < -0.4 is 10.6 Å². The quantitative estimate of drug-likeness (QED) is 0.864. The first kappa shape index (κ1) is 14.0. The van der Waals surface area contributed by atoms with Crippen LogP contribution in [0.2, 0.25) is 5.02 Å². The number of hydrogen-bond donors (Lipinski definition) is 2. The van der Waals surface area contributed by atoms with Crippen LogP contribution in [-0.4, -0.2) is 5.91 Å². The van der Waals surface area contributed by atoms with Gasteiger partial charge in [0.2, 0.25) is 5.91 Å². The average molecular weight is 301 g/mol. The molecule has 0 radical (unpaired) electrons. The lowest BCUT2D eigenvalue weighted by molar-refractivity contribution is -0.117. The van der Waals surface area contributed by atoms with Gasteiger partial charge in [-0.15, -0.1) is 0 Å². The van der Waals surface area contributed by atoms with Crippen molar-refractivity contribution in [1.29, 1.82) is 0 Å². The molecule has 4 heteroatoms. The molecule has 1 fully saturated rings. The summed E-state index contributed by atoms with van der Waals surface area (Å²) >= 11 is 5.97. The third kappa shape index (κ3) is 3.99. The van der Waals surface area contributed by atoms with Crippen LogP contribution in [0.5, 0.6) is 0 Å². The number of hydrogen-bond acceptors (Lipinski definition) is 2. The van der Waals surface area contributed by atoms with E-state index in [0.717, 1.165) is 34.8 Å². The molecule has 0 atom stereocenters. The van der Waals surface area contributed by atoms with Crippen LogP contribution in [0.15, 0.2) is 48.5 Å². The number of nitrogens with one attached hydrogen (secondary N) is 2. The molecule has 0 unspecified atom stereocenters. The van der Waals surface area contributed by atoms with Crippen molar-refractivity contribution >= 4 is 28.9 Å². The molecule has 1 amide bonds. The largest absolute Gasteiger partial charge is 0.381 e. The predicted octanol–water partition coefficient (Wildman–Crippen LogP) is 4.30. The van der Waals surface area contributed by atoms with Crippen LogP contribution >= 0.6 is 11.6 Å². The van der Waals surface area contributed by atoms with Crippen molar-refractivity contribution in [3.8, 4) is 0 Å². The second kappa shape index (κ2) is 6.19. The van der Waals surface area contributed by atoms with E-state index in [4.69, 9.17) is 11.6 Å². The number of carbonyl (C=O) groups is 1. The highest BCUT2D eigenvalue weighted by Gasteiger charge is 2.29. The lowest BCUT2D eigenvalue weighted by atomic mass is 10.2. The van der Waals surface area contributed by atoms with Crippen LogP contribution in [0.4, 0.5) is 11.4 Å². The van der Waals surface area contributed by atoms with Gasteiger partial charge in [-0.25, -0.2) is 0 Å². The Kier molecular flexibility index (Phi) is 4.11. The molecule has 0 spiro atoms. The molecule has 2 aromatic rings. The number of anilines is 2. The Morgan fingerprint density at radius 2 is 1.86 bits per heavy atom. The first-order valence-electron chi connectivity index (χ1n) is 7.10. The van der Waals surface area contributed by atoms with Gasteiger partial charge in [0.15, 0.2) is 0 Å². The molecule has 0 heterocycles. The second-order valence-electron chi connectivity index (χ2n) is 5.33. The molecule has 0 saturated heterocycles. The van der Waals surface area contributed by atoms with Crippen LogP contribution in [0, 0.1) is 5.92 Å². The van der Waals surface area contributed by atoms with Crippen LogP contribution in [0.1, 0.15) is 18.4 Å². The van der Waals surface area contributed by atoms with E-state index in [1.54, 1.807) is 0 Å². The Labute approximate surface area is 129 Å². The van der Waals surface area contributed by atoms with Gasteiger partial charge in [0.05, 0.1) is 0 Å². The number of rotatable bonds is 5. The first-order valence-corrected chi connectivity index (χ1v) is 7.48. The molecule has 108 valence electrons. The van der Waals surface area contributed by atoms with Gasteiger partial charge in [-0.05, 0) is 48.7 Å². The van der Waals surface area contributed by atoms with E-state index in [-0.39, 0.29) is 11.8 Å². The number of halogens is 1. The van der Waals surface area contributed by atoms with E-state index >= 15 is 0 Å². The van der Waals surface area contributed by atoms with Gasteiger partial charge in [-0.1, -0.05) is 29.8 Å². The van der Waals surface area contributed by atoms with Gasteiger partial charge in [-0.2, -0.15) is 0 Å². The molecule has 0 bridgehead atoms. The lowest BCUT2D eigenvalue weighted by Crippen LogP contribution is -2.13.